The van der Waals surface area contributed by atoms with Gasteiger partial charge in [0, 0.05) is 23.2 Å². The van der Waals surface area contributed by atoms with Gasteiger partial charge in [-0.2, -0.15) is 0 Å². The highest BCUT2D eigenvalue weighted by molar-refractivity contribution is 6.32. The SMILES string of the molecule is O=C(NC1CCCNC1=O)c1cnc2cc(C3CC3)c(Cl)cc2c1. The maximum absolute atomic E-state index is 12.4. The van der Waals surface area contributed by atoms with Crippen molar-refractivity contribution in [2.75, 3.05) is 6.54 Å². The van der Waals surface area contributed by atoms with E-state index >= 15 is 0 Å². The lowest BCUT2D eigenvalue weighted by molar-refractivity contribution is -0.124. The molecule has 1 aliphatic heterocycles. The molecule has 1 saturated carbocycles. The molecule has 2 aliphatic rings. The van der Waals surface area contributed by atoms with Crippen molar-refractivity contribution in [1.82, 2.24) is 15.6 Å². The first kappa shape index (κ1) is 15.4. The molecule has 6 heteroatoms. The van der Waals surface area contributed by atoms with E-state index < -0.39 is 6.04 Å². The van der Waals surface area contributed by atoms with Gasteiger partial charge in [0.05, 0.1) is 11.1 Å². The van der Waals surface area contributed by atoms with E-state index in [-0.39, 0.29) is 11.8 Å². The molecule has 2 fully saturated rings. The van der Waals surface area contributed by atoms with Gasteiger partial charge in [-0.15, -0.1) is 0 Å². The molecule has 0 radical (unpaired) electrons. The number of halogens is 1. The second-order valence-electron chi connectivity index (χ2n) is 6.52. The number of hydrogen-bond donors (Lipinski definition) is 2. The van der Waals surface area contributed by atoms with Crippen LogP contribution in [0.4, 0.5) is 0 Å². The number of carbonyl (C=O) groups excluding carboxylic acids is 2. The standard InChI is InChI=1S/C18H18ClN3O2/c19-14-7-11-6-12(9-21-16(11)8-13(14)10-3-4-10)17(23)22-15-2-1-5-20-18(15)24/h6-10,15H,1-5H2,(H,20,24)(H,22,23). The van der Waals surface area contributed by atoms with Crippen molar-refractivity contribution >= 4 is 34.3 Å². The number of pyridine rings is 1. The summed E-state index contributed by atoms with van der Waals surface area (Å²) in [6.07, 6.45) is 5.44. The van der Waals surface area contributed by atoms with Gasteiger partial charge in [0.1, 0.15) is 6.04 Å². The molecule has 1 aromatic heterocycles. The Labute approximate surface area is 144 Å². The third kappa shape index (κ3) is 2.96. The first-order chi connectivity index (χ1) is 11.6. The van der Waals surface area contributed by atoms with E-state index in [1.54, 1.807) is 12.3 Å². The predicted molar refractivity (Wildman–Crippen MR) is 92.2 cm³/mol. The van der Waals surface area contributed by atoms with Gasteiger partial charge >= 0.3 is 0 Å². The molecular formula is C18H18ClN3O2. The van der Waals surface area contributed by atoms with Gasteiger partial charge in [-0.1, -0.05) is 11.6 Å². The zero-order valence-corrected chi connectivity index (χ0v) is 13.9. The summed E-state index contributed by atoms with van der Waals surface area (Å²) in [5, 5.41) is 7.11. The number of aromatic nitrogens is 1. The van der Waals surface area contributed by atoms with Crippen LogP contribution in [0.1, 0.15) is 47.5 Å². The number of nitrogens with one attached hydrogen (secondary N) is 2. The van der Waals surface area contributed by atoms with Gasteiger partial charge in [-0.25, -0.2) is 0 Å². The van der Waals surface area contributed by atoms with E-state index in [1.807, 2.05) is 12.1 Å². The largest absolute Gasteiger partial charge is 0.354 e. The van der Waals surface area contributed by atoms with Crippen LogP contribution in [-0.2, 0) is 4.79 Å². The summed E-state index contributed by atoms with van der Waals surface area (Å²) in [6, 6.07) is 5.21. The number of amides is 2. The Kier molecular flexibility index (Phi) is 3.88. The molecule has 0 bridgehead atoms. The van der Waals surface area contributed by atoms with E-state index in [1.165, 1.54) is 12.8 Å². The molecule has 0 spiro atoms. The Bertz CT molecular complexity index is 832. The third-order valence-corrected chi connectivity index (χ3v) is 5.00. The van der Waals surface area contributed by atoms with Crippen molar-refractivity contribution in [1.29, 1.82) is 0 Å². The van der Waals surface area contributed by atoms with Crippen LogP contribution in [-0.4, -0.2) is 29.4 Å². The molecular weight excluding hydrogens is 326 g/mol. The average molecular weight is 344 g/mol. The maximum atomic E-state index is 12.4. The van der Waals surface area contributed by atoms with Crippen molar-refractivity contribution in [2.45, 2.75) is 37.6 Å². The molecule has 1 atom stereocenters. The lowest BCUT2D eigenvalue weighted by atomic mass is 10.0. The smallest absolute Gasteiger partial charge is 0.253 e. The van der Waals surface area contributed by atoms with Crippen LogP contribution >= 0.6 is 11.6 Å². The molecule has 2 heterocycles. The summed E-state index contributed by atoms with van der Waals surface area (Å²) in [7, 11) is 0. The predicted octanol–water partition coefficient (Wildman–Crippen LogP) is 2.77. The van der Waals surface area contributed by atoms with Crippen molar-refractivity contribution in [3.8, 4) is 0 Å². The average Bonchev–Trinajstić information content (AvgIpc) is 3.40. The highest BCUT2D eigenvalue weighted by Crippen LogP contribution is 2.44. The van der Waals surface area contributed by atoms with Gasteiger partial charge in [-0.3, -0.25) is 14.6 Å². The summed E-state index contributed by atoms with van der Waals surface area (Å²) in [5.41, 5.74) is 2.43. The molecule has 1 saturated heterocycles. The number of fused-ring (bicyclic) bond motifs is 1. The van der Waals surface area contributed by atoms with Crippen molar-refractivity contribution in [3.05, 3.63) is 40.5 Å². The van der Waals surface area contributed by atoms with E-state index in [0.29, 0.717) is 24.4 Å². The monoisotopic (exact) mass is 343 g/mol. The highest BCUT2D eigenvalue weighted by atomic mass is 35.5. The topological polar surface area (TPSA) is 71.1 Å². The zero-order valence-electron chi connectivity index (χ0n) is 13.1. The van der Waals surface area contributed by atoms with Crippen LogP contribution in [0.2, 0.25) is 5.02 Å². The summed E-state index contributed by atoms with van der Waals surface area (Å²) in [6.45, 7) is 0.671. The number of benzene rings is 1. The van der Waals surface area contributed by atoms with Crippen LogP contribution in [0.3, 0.4) is 0 Å². The van der Waals surface area contributed by atoms with Crippen LogP contribution in [0, 0.1) is 0 Å². The van der Waals surface area contributed by atoms with Crippen LogP contribution in [0.15, 0.2) is 24.4 Å². The number of nitrogens with zero attached hydrogens (tertiary/aromatic N) is 1. The zero-order chi connectivity index (χ0) is 16.7. The minimum absolute atomic E-state index is 0.125. The van der Waals surface area contributed by atoms with Crippen LogP contribution < -0.4 is 10.6 Å². The molecule has 2 N–H and O–H groups in total. The van der Waals surface area contributed by atoms with Gasteiger partial charge in [0.2, 0.25) is 5.91 Å². The molecule has 5 nitrogen and oxygen atoms in total. The van der Waals surface area contributed by atoms with Crippen LogP contribution in [0.25, 0.3) is 10.9 Å². The molecule has 2 aromatic rings. The highest BCUT2D eigenvalue weighted by Gasteiger charge is 2.27. The summed E-state index contributed by atoms with van der Waals surface area (Å²) < 4.78 is 0. The summed E-state index contributed by atoms with van der Waals surface area (Å²) >= 11 is 6.36. The molecule has 124 valence electrons. The Balaban J connectivity index is 1.58. The Morgan fingerprint density at radius 3 is 2.83 bits per heavy atom. The summed E-state index contributed by atoms with van der Waals surface area (Å²) in [4.78, 5) is 28.6. The number of hydrogen-bond acceptors (Lipinski definition) is 3. The van der Waals surface area contributed by atoms with Crippen molar-refractivity contribution in [2.24, 2.45) is 0 Å². The van der Waals surface area contributed by atoms with Crippen LogP contribution in [0.5, 0.6) is 0 Å². The molecule has 2 amide bonds. The first-order valence-corrected chi connectivity index (χ1v) is 8.67. The van der Waals surface area contributed by atoms with Crippen molar-refractivity contribution in [3.63, 3.8) is 0 Å². The van der Waals surface area contributed by atoms with Gasteiger partial charge in [0.15, 0.2) is 0 Å². The van der Waals surface area contributed by atoms with Crippen molar-refractivity contribution < 1.29 is 9.59 Å². The lowest BCUT2D eigenvalue weighted by Gasteiger charge is -2.22. The van der Waals surface area contributed by atoms with Gasteiger partial charge in [-0.05, 0) is 55.4 Å². The van der Waals surface area contributed by atoms with E-state index in [2.05, 4.69) is 15.6 Å². The lowest BCUT2D eigenvalue weighted by Crippen LogP contribution is -2.50. The maximum Gasteiger partial charge on any atom is 0.253 e. The van der Waals surface area contributed by atoms with E-state index in [9.17, 15) is 9.59 Å². The number of piperidine rings is 1. The molecule has 4 rings (SSSR count). The molecule has 1 aliphatic carbocycles. The quantitative estimate of drug-likeness (QED) is 0.900. The normalized spacial score (nSPS) is 20.7. The van der Waals surface area contributed by atoms with Gasteiger partial charge < -0.3 is 10.6 Å². The molecule has 24 heavy (non-hydrogen) atoms. The molecule has 1 unspecified atom stereocenters. The minimum Gasteiger partial charge on any atom is -0.354 e. The fraction of sp³-hybridized carbons (Fsp3) is 0.389. The number of carbonyl (C=O) groups is 2. The second kappa shape index (κ2) is 6.06. The fourth-order valence-corrected chi connectivity index (χ4v) is 3.47. The van der Waals surface area contributed by atoms with E-state index in [0.717, 1.165) is 27.9 Å². The number of rotatable bonds is 3. The Morgan fingerprint density at radius 1 is 1.25 bits per heavy atom. The summed E-state index contributed by atoms with van der Waals surface area (Å²) in [5.74, 6) is 0.144. The third-order valence-electron chi connectivity index (χ3n) is 4.67. The molecule has 1 aromatic carbocycles. The van der Waals surface area contributed by atoms with E-state index in [4.69, 9.17) is 11.6 Å². The minimum atomic E-state index is -0.470. The fourth-order valence-electron chi connectivity index (χ4n) is 3.15. The first-order valence-electron chi connectivity index (χ1n) is 8.29. The Morgan fingerprint density at radius 2 is 2.08 bits per heavy atom. The second-order valence-corrected chi connectivity index (χ2v) is 6.93. The Hall–Kier alpha value is -2.14. The van der Waals surface area contributed by atoms with Gasteiger partial charge in [0.25, 0.3) is 5.91 Å².